The van der Waals surface area contributed by atoms with Crippen LogP contribution < -0.4 is 53.2 Å². The number of nitrogens with one attached hydrogen (secondary N) is 10. The molecule has 1 saturated heterocycles. The monoisotopic (exact) mass is 1170 g/mol. The Kier molecular flexibility index (Phi) is 29.6. The molecule has 0 spiro atoms. The molecule has 10 N–H and O–H groups in total. The highest BCUT2D eigenvalue weighted by atomic mass is 16.2. The molecule has 10 atom stereocenters. The van der Waals surface area contributed by atoms with Crippen molar-refractivity contribution in [3.63, 3.8) is 0 Å². The number of amides is 10. The summed E-state index contributed by atoms with van der Waals surface area (Å²) in [5.74, 6) is -8.73. The first kappa shape index (κ1) is 71.4. The first-order chi connectivity index (χ1) is 39.3. The van der Waals surface area contributed by atoms with Crippen molar-refractivity contribution in [3.05, 3.63) is 71.8 Å². The quantitative estimate of drug-likeness (QED) is 0.0961. The fraction of sp³-hybridized carbons (Fsp3) is 0.656. The summed E-state index contributed by atoms with van der Waals surface area (Å²) in [7, 11) is 0. The van der Waals surface area contributed by atoms with Crippen molar-refractivity contribution < 1.29 is 47.9 Å². The SMILES string of the molecule is CC(C)C[C@@H]1NC(=O)[C@H](Cc2ccccc2)NC(=O)[C@@H](CC(C)C)NC(=O)[C@H](C(C)C)NC(=O)[C@H](CC(C)C)NC(=O)[C@H](CC(C)C)NC(=O)[C@H](Cc2ccccc2)NC(=O)[C@@H](CC(C)C)NC(=O)[C@H](C(C)C)NC(=O)[C@H](CC(C)C)NC1=O. The van der Waals surface area contributed by atoms with E-state index in [4.69, 9.17) is 0 Å². The molecule has 1 heterocycles. The van der Waals surface area contributed by atoms with Gasteiger partial charge in [0.1, 0.15) is 60.4 Å². The van der Waals surface area contributed by atoms with Crippen LogP contribution in [-0.4, -0.2) is 119 Å². The van der Waals surface area contributed by atoms with Gasteiger partial charge in [-0.25, -0.2) is 0 Å². The first-order valence-corrected chi connectivity index (χ1v) is 30.5. The number of rotatable bonds is 18. The van der Waals surface area contributed by atoms with Crippen LogP contribution >= 0.6 is 0 Å². The Hall–Kier alpha value is -6.86. The van der Waals surface area contributed by atoms with Gasteiger partial charge in [0.25, 0.3) is 0 Å². The standard InChI is InChI=1S/C64H102N10O10/c1-35(2)27-45-55(75)67-49(31-39(9)10)61(81)73-53(41(13)14)63(83)72-48(30-38(7)8)58(78)70-52(34-44-25-21-18-22-26-44)60(80)66-46(28-36(3)4)56(76)68-50(32-40(11)12)62(82)74-54(42(15)16)64(84)71-47(29-37(5)6)57(77)69-51(59(79)65-45)33-43-23-19-17-20-24-43/h17-26,35-42,45-54H,27-34H2,1-16H3,(H,65,79)(H,66,80)(H,67,75)(H,68,76)(H,69,77)(H,70,78)(H,71,84)(H,72,83)(H,73,81)(H,74,82)/t45-,46-,47+,48+,49-,50-,51-,52-,53-,54-/m0/s1. The molecule has 2 aromatic carbocycles. The highest BCUT2D eigenvalue weighted by Crippen LogP contribution is 2.17. The average Bonchev–Trinajstić information content (AvgIpc) is 3.36. The van der Waals surface area contributed by atoms with Crippen LogP contribution in [0.3, 0.4) is 0 Å². The van der Waals surface area contributed by atoms with E-state index in [-0.39, 0.29) is 86.9 Å². The Labute approximate surface area is 500 Å². The van der Waals surface area contributed by atoms with Crippen LogP contribution in [0.5, 0.6) is 0 Å². The fourth-order valence-corrected chi connectivity index (χ4v) is 10.1. The molecule has 1 aliphatic rings. The molecule has 0 aromatic heterocycles. The lowest BCUT2D eigenvalue weighted by Crippen LogP contribution is -2.62. The van der Waals surface area contributed by atoms with Gasteiger partial charge >= 0.3 is 0 Å². The summed E-state index contributed by atoms with van der Waals surface area (Å²) in [4.78, 5) is 146. The molecule has 2 aromatic rings. The summed E-state index contributed by atoms with van der Waals surface area (Å²) in [6.07, 6.45) is 0.827. The van der Waals surface area contributed by atoms with E-state index >= 15 is 0 Å². The molecule has 3 rings (SSSR count). The summed E-state index contributed by atoms with van der Waals surface area (Å²) in [6, 6.07) is 5.81. The third-order valence-corrected chi connectivity index (χ3v) is 14.4. The molecule has 20 nitrogen and oxygen atoms in total. The molecule has 10 amide bonds. The largest absolute Gasteiger partial charge is 0.343 e. The molecule has 468 valence electrons. The lowest BCUT2D eigenvalue weighted by atomic mass is 9.96. The van der Waals surface area contributed by atoms with Crippen LogP contribution in [0.25, 0.3) is 0 Å². The van der Waals surface area contributed by atoms with Gasteiger partial charge in [-0.3, -0.25) is 47.9 Å². The van der Waals surface area contributed by atoms with Crippen molar-refractivity contribution >= 4 is 59.1 Å². The third-order valence-electron chi connectivity index (χ3n) is 14.4. The lowest BCUT2D eigenvalue weighted by Gasteiger charge is -2.31. The summed E-state index contributed by atoms with van der Waals surface area (Å²) in [5, 5.41) is 28.6. The molecule has 0 radical (unpaired) electrons. The van der Waals surface area contributed by atoms with Crippen LogP contribution in [0.2, 0.25) is 0 Å². The van der Waals surface area contributed by atoms with Crippen LogP contribution in [0.1, 0.15) is 160 Å². The van der Waals surface area contributed by atoms with Gasteiger partial charge in [-0.15, -0.1) is 0 Å². The van der Waals surface area contributed by atoms with Crippen LogP contribution in [0, 0.1) is 47.3 Å². The van der Waals surface area contributed by atoms with Crippen molar-refractivity contribution in [1.29, 1.82) is 0 Å². The van der Waals surface area contributed by atoms with E-state index in [9.17, 15) is 47.9 Å². The average molecular weight is 1170 g/mol. The number of benzene rings is 2. The topological polar surface area (TPSA) is 291 Å². The summed E-state index contributed by atoms with van der Waals surface area (Å²) >= 11 is 0. The van der Waals surface area contributed by atoms with Gasteiger partial charge < -0.3 is 53.2 Å². The molecule has 84 heavy (non-hydrogen) atoms. The second-order valence-electron chi connectivity index (χ2n) is 26.1. The second kappa shape index (κ2) is 34.8. The number of carbonyl (C=O) groups is 10. The Bertz CT molecular complexity index is 2310. The molecular weight excluding hydrogens is 1070 g/mol. The number of hydrogen-bond donors (Lipinski definition) is 10. The predicted molar refractivity (Wildman–Crippen MR) is 326 cm³/mol. The highest BCUT2D eigenvalue weighted by molar-refractivity contribution is 5.99. The summed E-state index contributed by atoms with van der Waals surface area (Å²) in [6.45, 7) is 29.4. The van der Waals surface area contributed by atoms with E-state index in [1.807, 2.05) is 95.2 Å². The van der Waals surface area contributed by atoms with Crippen LogP contribution in [0.15, 0.2) is 60.7 Å². The number of hydrogen-bond acceptors (Lipinski definition) is 10. The van der Waals surface area contributed by atoms with E-state index in [0.29, 0.717) is 11.1 Å². The van der Waals surface area contributed by atoms with Crippen molar-refractivity contribution in [1.82, 2.24) is 53.2 Å². The molecule has 0 saturated carbocycles. The van der Waals surface area contributed by atoms with Crippen molar-refractivity contribution in [3.8, 4) is 0 Å². The Morgan fingerprint density at radius 3 is 0.631 bits per heavy atom. The Morgan fingerprint density at radius 2 is 0.429 bits per heavy atom. The van der Waals surface area contributed by atoms with E-state index in [1.54, 1.807) is 76.2 Å². The predicted octanol–water partition coefficient (Wildman–Crippen LogP) is 4.92. The molecular formula is C64H102N10O10. The van der Waals surface area contributed by atoms with Crippen molar-refractivity contribution in [2.24, 2.45) is 47.3 Å². The van der Waals surface area contributed by atoms with Crippen LogP contribution in [-0.2, 0) is 60.8 Å². The summed E-state index contributed by atoms with van der Waals surface area (Å²) < 4.78 is 0. The minimum Gasteiger partial charge on any atom is -0.343 e. The third kappa shape index (κ3) is 24.8. The molecule has 1 aliphatic heterocycles. The van der Waals surface area contributed by atoms with Crippen molar-refractivity contribution in [2.75, 3.05) is 0 Å². The Morgan fingerprint density at radius 1 is 0.250 bits per heavy atom. The molecule has 20 heteroatoms. The van der Waals surface area contributed by atoms with Crippen LogP contribution in [0.4, 0.5) is 0 Å². The van der Waals surface area contributed by atoms with Gasteiger partial charge in [0.2, 0.25) is 59.1 Å². The van der Waals surface area contributed by atoms with E-state index in [2.05, 4.69) is 53.2 Å². The number of carbonyl (C=O) groups excluding carboxylic acids is 10. The lowest BCUT2D eigenvalue weighted by molar-refractivity contribution is -0.137. The zero-order valence-corrected chi connectivity index (χ0v) is 52.9. The van der Waals surface area contributed by atoms with Crippen molar-refractivity contribution in [2.45, 2.75) is 223 Å². The smallest absolute Gasteiger partial charge is 0.243 e. The maximum Gasteiger partial charge on any atom is 0.243 e. The fourth-order valence-electron chi connectivity index (χ4n) is 10.1. The Balaban J connectivity index is 2.29. The molecule has 0 bridgehead atoms. The van der Waals surface area contributed by atoms with Gasteiger partial charge in [-0.2, -0.15) is 0 Å². The van der Waals surface area contributed by atoms with E-state index in [1.165, 1.54) is 0 Å². The summed E-state index contributed by atoms with van der Waals surface area (Å²) in [5.41, 5.74) is 1.38. The minimum absolute atomic E-state index is 0.00287. The maximum atomic E-state index is 14.7. The normalized spacial score (nSPS) is 25.0. The second-order valence-corrected chi connectivity index (χ2v) is 26.1. The van der Waals surface area contributed by atoms with Gasteiger partial charge in [0, 0.05) is 12.8 Å². The molecule has 0 aliphatic carbocycles. The van der Waals surface area contributed by atoms with E-state index < -0.39 is 131 Å². The first-order valence-electron chi connectivity index (χ1n) is 30.5. The van der Waals surface area contributed by atoms with Gasteiger partial charge in [0.15, 0.2) is 0 Å². The maximum absolute atomic E-state index is 14.7. The van der Waals surface area contributed by atoms with Gasteiger partial charge in [-0.1, -0.05) is 171 Å². The molecule has 0 unspecified atom stereocenters. The zero-order chi connectivity index (χ0) is 63.1. The highest BCUT2D eigenvalue weighted by Gasteiger charge is 2.39. The van der Waals surface area contributed by atoms with Gasteiger partial charge in [0.05, 0.1) is 0 Å². The molecule has 1 fully saturated rings. The van der Waals surface area contributed by atoms with E-state index in [0.717, 1.165) is 0 Å². The minimum atomic E-state index is -1.27. The zero-order valence-electron chi connectivity index (χ0n) is 52.9. The van der Waals surface area contributed by atoms with Gasteiger partial charge in [-0.05, 0) is 97.0 Å².